The molecule has 0 saturated heterocycles. The van der Waals surface area contributed by atoms with Crippen LogP contribution >= 0.6 is 0 Å². The van der Waals surface area contributed by atoms with Crippen LogP contribution in [0.4, 0.5) is 0 Å². The molecule has 1 aromatic heterocycles. The number of hydrogen-bond acceptors (Lipinski definition) is 2. The highest BCUT2D eigenvalue weighted by atomic mass is 16.5. The summed E-state index contributed by atoms with van der Waals surface area (Å²) < 4.78 is 7.18. The van der Waals surface area contributed by atoms with Crippen LogP contribution in [0.15, 0.2) is 36.5 Å². The van der Waals surface area contributed by atoms with Crippen molar-refractivity contribution in [3.8, 4) is 5.69 Å². The van der Waals surface area contributed by atoms with Crippen molar-refractivity contribution < 1.29 is 4.74 Å². The maximum Gasteiger partial charge on any atom is 0.0941 e. The molecule has 0 saturated carbocycles. The van der Waals surface area contributed by atoms with Gasteiger partial charge in [0.05, 0.1) is 24.6 Å². The Morgan fingerprint density at radius 3 is 2.79 bits per heavy atom. The van der Waals surface area contributed by atoms with Gasteiger partial charge in [0.1, 0.15) is 0 Å². The number of nitrogens with zero attached hydrogens (tertiary/aromatic N) is 2. The molecule has 1 aliphatic heterocycles. The molecule has 0 unspecified atom stereocenters. The third-order valence-corrected chi connectivity index (χ3v) is 2.39. The molecule has 0 fully saturated rings. The monoisotopic (exact) mass is 186 g/mol. The van der Waals surface area contributed by atoms with Gasteiger partial charge in [0.2, 0.25) is 0 Å². The molecule has 3 rings (SSSR count). The lowest BCUT2D eigenvalue weighted by Gasteiger charge is -2.00. The second-order valence-corrected chi connectivity index (χ2v) is 3.37. The summed E-state index contributed by atoms with van der Waals surface area (Å²) in [4.78, 5) is 0. The number of hydrogen-bond donors (Lipinski definition) is 0. The number of fused-ring (bicyclic) bond motifs is 1. The summed E-state index contributed by atoms with van der Waals surface area (Å²) in [5, 5.41) is 4.45. The van der Waals surface area contributed by atoms with Crippen molar-refractivity contribution in [2.75, 3.05) is 0 Å². The van der Waals surface area contributed by atoms with E-state index in [1.807, 2.05) is 41.2 Å². The predicted octanol–water partition coefficient (Wildman–Crippen LogP) is 1.90. The maximum atomic E-state index is 5.27. The van der Waals surface area contributed by atoms with E-state index in [-0.39, 0.29) is 0 Å². The average molecular weight is 186 g/mol. The summed E-state index contributed by atoms with van der Waals surface area (Å²) in [6.07, 6.45) is 2.04. The molecule has 0 spiro atoms. The largest absolute Gasteiger partial charge is 0.370 e. The SMILES string of the molecule is c1ccc(-n2cc3c(n2)COC3)cc1. The van der Waals surface area contributed by atoms with Gasteiger partial charge in [-0.1, -0.05) is 18.2 Å². The Labute approximate surface area is 81.9 Å². The molecular weight excluding hydrogens is 176 g/mol. The van der Waals surface area contributed by atoms with Crippen molar-refractivity contribution in [2.45, 2.75) is 13.2 Å². The molecule has 0 bridgehead atoms. The molecule has 0 atom stereocenters. The van der Waals surface area contributed by atoms with E-state index in [0.717, 1.165) is 11.4 Å². The van der Waals surface area contributed by atoms with Gasteiger partial charge in [0.15, 0.2) is 0 Å². The first kappa shape index (κ1) is 7.76. The highest BCUT2D eigenvalue weighted by Crippen LogP contribution is 2.19. The second kappa shape index (κ2) is 2.96. The number of ether oxygens (including phenoxy) is 1. The van der Waals surface area contributed by atoms with Crippen LogP contribution in [0, 0.1) is 0 Å². The first-order chi connectivity index (χ1) is 6.93. The highest BCUT2D eigenvalue weighted by molar-refractivity contribution is 5.33. The summed E-state index contributed by atoms with van der Waals surface area (Å²) in [6.45, 7) is 1.34. The lowest BCUT2D eigenvalue weighted by Crippen LogP contribution is -1.96. The van der Waals surface area contributed by atoms with Crippen molar-refractivity contribution in [2.24, 2.45) is 0 Å². The lowest BCUT2D eigenvalue weighted by atomic mass is 10.3. The summed E-state index contributed by atoms with van der Waals surface area (Å²) in [6, 6.07) is 10.1. The van der Waals surface area contributed by atoms with Crippen LogP contribution in [0.3, 0.4) is 0 Å². The molecule has 2 aromatic rings. The minimum atomic E-state index is 0.648. The van der Waals surface area contributed by atoms with Crippen molar-refractivity contribution in [1.82, 2.24) is 9.78 Å². The van der Waals surface area contributed by atoms with Crippen LogP contribution in [-0.4, -0.2) is 9.78 Å². The molecular formula is C11H10N2O. The van der Waals surface area contributed by atoms with Crippen LogP contribution in [0.25, 0.3) is 5.69 Å². The third kappa shape index (κ3) is 1.14. The van der Waals surface area contributed by atoms with Gasteiger partial charge >= 0.3 is 0 Å². The van der Waals surface area contributed by atoms with Crippen LogP contribution in [0.1, 0.15) is 11.3 Å². The average Bonchev–Trinajstić information content (AvgIpc) is 2.78. The molecule has 0 aliphatic carbocycles. The summed E-state index contributed by atoms with van der Waals surface area (Å²) in [5.74, 6) is 0. The van der Waals surface area contributed by atoms with E-state index in [2.05, 4.69) is 5.10 Å². The fourth-order valence-corrected chi connectivity index (χ4v) is 1.66. The normalized spacial score (nSPS) is 14.3. The van der Waals surface area contributed by atoms with Crippen molar-refractivity contribution in [3.05, 3.63) is 47.8 Å². The molecule has 0 amide bonds. The fraction of sp³-hybridized carbons (Fsp3) is 0.182. The van der Waals surface area contributed by atoms with E-state index in [1.54, 1.807) is 0 Å². The Morgan fingerprint density at radius 1 is 1.14 bits per heavy atom. The zero-order chi connectivity index (χ0) is 9.38. The fourth-order valence-electron chi connectivity index (χ4n) is 1.66. The number of rotatable bonds is 1. The molecule has 1 aromatic carbocycles. The first-order valence-corrected chi connectivity index (χ1v) is 4.64. The minimum absolute atomic E-state index is 0.648. The van der Waals surface area contributed by atoms with Crippen molar-refractivity contribution in [1.29, 1.82) is 0 Å². The predicted molar refractivity (Wildman–Crippen MR) is 52.1 cm³/mol. The van der Waals surface area contributed by atoms with Gasteiger partial charge in [-0.05, 0) is 12.1 Å². The van der Waals surface area contributed by atoms with Gasteiger partial charge in [0.25, 0.3) is 0 Å². The molecule has 14 heavy (non-hydrogen) atoms. The van der Waals surface area contributed by atoms with E-state index in [0.29, 0.717) is 13.2 Å². The first-order valence-electron chi connectivity index (χ1n) is 4.64. The Kier molecular flexibility index (Phi) is 1.64. The van der Waals surface area contributed by atoms with Crippen molar-refractivity contribution >= 4 is 0 Å². The van der Waals surface area contributed by atoms with Gasteiger partial charge in [0, 0.05) is 11.8 Å². The van der Waals surface area contributed by atoms with Crippen LogP contribution in [-0.2, 0) is 18.0 Å². The molecule has 0 radical (unpaired) electrons. The Balaban J connectivity index is 2.06. The van der Waals surface area contributed by atoms with Gasteiger partial charge in [-0.3, -0.25) is 0 Å². The van der Waals surface area contributed by atoms with Gasteiger partial charge in [-0.25, -0.2) is 4.68 Å². The van der Waals surface area contributed by atoms with Crippen LogP contribution in [0.2, 0.25) is 0 Å². The Hall–Kier alpha value is -1.61. The molecule has 1 aliphatic rings. The third-order valence-electron chi connectivity index (χ3n) is 2.39. The second-order valence-electron chi connectivity index (χ2n) is 3.37. The van der Waals surface area contributed by atoms with E-state index in [4.69, 9.17) is 4.74 Å². The number of aromatic nitrogens is 2. The molecule has 3 heteroatoms. The van der Waals surface area contributed by atoms with Gasteiger partial charge < -0.3 is 4.74 Å². The molecule has 2 heterocycles. The van der Waals surface area contributed by atoms with Crippen molar-refractivity contribution in [3.63, 3.8) is 0 Å². The summed E-state index contributed by atoms with van der Waals surface area (Å²) >= 11 is 0. The molecule has 3 nitrogen and oxygen atoms in total. The maximum absolute atomic E-state index is 5.27. The summed E-state index contributed by atoms with van der Waals surface area (Å²) in [5.41, 5.74) is 3.37. The van der Waals surface area contributed by atoms with Crippen LogP contribution < -0.4 is 0 Å². The number of para-hydroxylation sites is 1. The van der Waals surface area contributed by atoms with E-state index >= 15 is 0 Å². The topological polar surface area (TPSA) is 27.1 Å². The van der Waals surface area contributed by atoms with Gasteiger partial charge in [-0.15, -0.1) is 0 Å². The van der Waals surface area contributed by atoms with Crippen LogP contribution in [0.5, 0.6) is 0 Å². The minimum Gasteiger partial charge on any atom is -0.370 e. The summed E-state index contributed by atoms with van der Waals surface area (Å²) in [7, 11) is 0. The zero-order valence-electron chi connectivity index (χ0n) is 7.68. The Bertz CT molecular complexity index is 426. The highest BCUT2D eigenvalue weighted by Gasteiger charge is 2.15. The molecule has 0 N–H and O–H groups in total. The van der Waals surface area contributed by atoms with E-state index in [9.17, 15) is 0 Å². The van der Waals surface area contributed by atoms with E-state index < -0.39 is 0 Å². The zero-order valence-corrected chi connectivity index (χ0v) is 7.68. The Morgan fingerprint density at radius 2 is 2.00 bits per heavy atom. The molecule has 70 valence electrons. The van der Waals surface area contributed by atoms with E-state index in [1.165, 1.54) is 5.56 Å². The van der Waals surface area contributed by atoms with Gasteiger partial charge in [-0.2, -0.15) is 5.10 Å². The standard InChI is InChI=1S/C11H10N2O/c1-2-4-10(5-3-1)13-6-9-7-14-8-11(9)12-13/h1-6H,7-8H2. The smallest absolute Gasteiger partial charge is 0.0941 e. The number of benzene rings is 1. The quantitative estimate of drug-likeness (QED) is 0.680. The lowest BCUT2D eigenvalue weighted by molar-refractivity contribution is 0.131.